The van der Waals surface area contributed by atoms with Crippen LogP contribution in [0.3, 0.4) is 0 Å². The third-order valence-electron chi connectivity index (χ3n) is 4.34. The summed E-state index contributed by atoms with van der Waals surface area (Å²) in [5.41, 5.74) is 6.55. The van der Waals surface area contributed by atoms with Gasteiger partial charge in [0.15, 0.2) is 0 Å². The number of sulfonamides is 1. The van der Waals surface area contributed by atoms with Gasteiger partial charge in [0.25, 0.3) is 0 Å². The molecule has 1 aromatic carbocycles. The van der Waals surface area contributed by atoms with Crippen molar-refractivity contribution in [2.24, 2.45) is 11.7 Å². The molecule has 2 rings (SSSR count). The third-order valence-corrected chi connectivity index (χ3v) is 6.23. The molecule has 3 N–H and O–H groups in total. The van der Waals surface area contributed by atoms with Gasteiger partial charge in [0, 0.05) is 19.6 Å². The molecule has 1 atom stereocenters. The van der Waals surface area contributed by atoms with Crippen LogP contribution < -0.4 is 11.1 Å². The van der Waals surface area contributed by atoms with Gasteiger partial charge in [-0.1, -0.05) is 32.4 Å². The minimum atomic E-state index is -3.46. The van der Waals surface area contributed by atoms with Crippen LogP contribution in [-0.4, -0.2) is 37.8 Å². The van der Waals surface area contributed by atoms with E-state index >= 15 is 0 Å². The van der Waals surface area contributed by atoms with Crippen molar-refractivity contribution in [3.05, 3.63) is 29.8 Å². The number of carbonyl (C=O) groups is 1. The van der Waals surface area contributed by atoms with Crippen molar-refractivity contribution in [1.29, 1.82) is 0 Å². The summed E-state index contributed by atoms with van der Waals surface area (Å²) < 4.78 is 26.9. The highest BCUT2D eigenvalue weighted by Gasteiger charge is 2.26. The first-order valence-corrected chi connectivity index (χ1v) is 9.89. The average molecular weight is 353 g/mol. The molecular formula is C17H27N3O3S. The third kappa shape index (κ3) is 4.55. The van der Waals surface area contributed by atoms with Crippen LogP contribution in [0.4, 0.5) is 0 Å². The van der Waals surface area contributed by atoms with Crippen LogP contribution in [-0.2, 0) is 21.4 Å². The number of amides is 1. The van der Waals surface area contributed by atoms with E-state index in [0.717, 1.165) is 24.8 Å². The summed E-state index contributed by atoms with van der Waals surface area (Å²) in [5, 5.41) is 2.77. The van der Waals surface area contributed by atoms with E-state index in [1.54, 1.807) is 28.6 Å². The second-order valence-electron chi connectivity index (χ2n) is 6.60. The Hall–Kier alpha value is -1.44. The second-order valence-corrected chi connectivity index (χ2v) is 8.54. The summed E-state index contributed by atoms with van der Waals surface area (Å²) >= 11 is 0. The lowest BCUT2D eigenvalue weighted by atomic mass is 10.0. The maximum absolute atomic E-state index is 12.7. The van der Waals surface area contributed by atoms with Crippen LogP contribution >= 0.6 is 0 Å². The molecule has 1 amide bonds. The molecule has 0 aromatic heterocycles. The van der Waals surface area contributed by atoms with E-state index < -0.39 is 16.1 Å². The number of benzene rings is 1. The van der Waals surface area contributed by atoms with Crippen molar-refractivity contribution in [3.8, 4) is 0 Å². The molecule has 1 fully saturated rings. The number of hydrogen-bond donors (Lipinski definition) is 2. The zero-order valence-corrected chi connectivity index (χ0v) is 15.2. The predicted molar refractivity (Wildman–Crippen MR) is 93.7 cm³/mol. The van der Waals surface area contributed by atoms with Crippen LogP contribution in [0.25, 0.3) is 0 Å². The molecule has 1 saturated heterocycles. The number of nitrogens with zero attached hydrogens (tertiary/aromatic N) is 1. The Balaban J connectivity index is 2.07. The fourth-order valence-electron chi connectivity index (χ4n) is 2.68. The zero-order chi connectivity index (χ0) is 17.7. The molecule has 1 heterocycles. The molecule has 0 unspecified atom stereocenters. The molecule has 1 aromatic rings. The van der Waals surface area contributed by atoms with E-state index in [4.69, 9.17) is 5.73 Å². The van der Waals surface area contributed by atoms with Crippen LogP contribution in [0.1, 0.15) is 38.7 Å². The van der Waals surface area contributed by atoms with Crippen LogP contribution in [0.15, 0.2) is 29.2 Å². The van der Waals surface area contributed by atoms with E-state index in [2.05, 4.69) is 5.32 Å². The van der Waals surface area contributed by atoms with Crippen LogP contribution in [0.2, 0.25) is 0 Å². The van der Waals surface area contributed by atoms with Crippen molar-refractivity contribution >= 4 is 15.9 Å². The molecule has 1 aliphatic heterocycles. The lowest BCUT2D eigenvalue weighted by Gasteiger charge is -2.26. The normalized spacial score (nSPS) is 17.7. The van der Waals surface area contributed by atoms with E-state index in [9.17, 15) is 13.2 Å². The van der Waals surface area contributed by atoms with Crippen molar-refractivity contribution in [3.63, 3.8) is 0 Å². The number of nitrogens with one attached hydrogen (secondary N) is 1. The van der Waals surface area contributed by atoms with Gasteiger partial charge in [-0.3, -0.25) is 4.79 Å². The van der Waals surface area contributed by atoms with Crippen molar-refractivity contribution in [2.45, 2.75) is 50.6 Å². The number of piperidine rings is 1. The Morgan fingerprint density at radius 1 is 1.25 bits per heavy atom. The number of nitrogens with two attached hydrogens (primary N) is 1. The van der Waals surface area contributed by atoms with Gasteiger partial charge in [-0.25, -0.2) is 8.42 Å². The van der Waals surface area contributed by atoms with E-state index in [1.165, 1.54) is 0 Å². The Morgan fingerprint density at radius 3 is 2.54 bits per heavy atom. The van der Waals surface area contributed by atoms with Crippen molar-refractivity contribution < 1.29 is 13.2 Å². The molecule has 6 nitrogen and oxygen atoms in total. The molecule has 7 heteroatoms. The molecule has 0 spiro atoms. The molecular weight excluding hydrogens is 326 g/mol. The van der Waals surface area contributed by atoms with E-state index in [0.29, 0.717) is 13.1 Å². The fourth-order valence-corrected chi connectivity index (χ4v) is 4.27. The Kier molecular flexibility index (Phi) is 6.37. The first-order chi connectivity index (χ1) is 11.3. The molecule has 24 heavy (non-hydrogen) atoms. The number of hydrogen-bond acceptors (Lipinski definition) is 4. The van der Waals surface area contributed by atoms with Crippen molar-refractivity contribution in [1.82, 2.24) is 9.62 Å². The summed E-state index contributed by atoms with van der Waals surface area (Å²) in [6.07, 6.45) is 2.89. The average Bonchev–Trinajstić information content (AvgIpc) is 2.60. The Labute approximate surface area is 144 Å². The quantitative estimate of drug-likeness (QED) is 0.810. The highest BCUT2D eigenvalue weighted by atomic mass is 32.2. The maximum atomic E-state index is 12.7. The summed E-state index contributed by atoms with van der Waals surface area (Å²) in [6.45, 7) is 5.19. The summed E-state index contributed by atoms with van der Waals surface area (Å²) in [4.78, 5) is 12.2. The summed E-state index contributed by atoms with van der Waals surface area (Å²) in [6, 6.07) is 6.18. The van der Waals surface area contributed by atoms with Gasteiger partial charge in [0.05, 0.1) is 10.9 Å². The summed E-state index contributed by atoms with van der Waals surface area (Å²) in [7, 11) is -3.46. The lowest BCUT2D eigenvalue weighted by Crippen LogP contribution is -2.43. The first kappa shape index (κ1) is 18.9. The van der Waals surface area contributed by atoms with Gasteiger partial charge in [-0.2, -0.15) is 4.31 Å². The van der Waals surface area contributed by atoms with Gasteiger partial charge in [0.2, 0.25) is 15.9 Å². The van der Waals surface area contributed by atoms with E-state index in [1.807, 2.05) is 13.8 Å². The van der Waals surface area contributed by atoms with Crippen LogP contribution in [0, 0.1) is 5.92 Å². The highest BCUT2D eigenvalue weighted by molar-refractivity contribution is 7.89. The number of rotatable bonds is 6. The predicted octanol–water partition coefficient (Wildman–Crippen LogP) is 1.46. The van der Waals surface area contributed by atoms with Gasteiger partial charge in [-0.15, -0.1) is 0 Å². The SMILES string of the molecule is CC(C)[C@H](N)C(=O)NCc1cccc(S(=O)(=O)N2CCCCC2)c1. The molecule has 0 bridgehead atoms. The second kappa shape index (κ2) is 8.09. The minimum absolute atomic E-state index is 0.0517. The lowest BCUT2D eigenvalue weighted by molar-refractivity contribution is -0.123. The van der Waals surface area contributed by atoms with Gasteiger partial charge < -0.3 is 11.1 Å². The molecule has 0 radical (unpaired) electrons. The fraction of sp³-hybridized carbons (Fsp3) is 0.588. The largest absolute Gasteiger partial charge is 0.351 e. The molecule has 134 valence electrons. The highest BCUT2D eigenvalue weighted by Crippen LogP contribution is 2.21. The van der Waals surface area contributed by atoms with Gasteiger partial charge in [-0.05, 0) is 36.5 Å². The Bertz CT molecular complexity index is 667. The maximum Gasteiger partial charge on any atom is 0.243 e. The Morgan fingerprint density at radius 2 is 1.92 bits per heavy atom. The topological polar surface area (TPSA) is 92.5 Å². The smallest absolute Gasteiger partial charge is 0.243 e. The summed E-state index contributed by atoms with van der Waals surface area (Å²) in [5.74, 6) is -0.176. The standard InChI is InChI=1S/C17H27N3O3S/c1-13(2)16(18)17(21)19-12-14-7-6-8-15(11-14)24(22,23)20-9-4-3-5-10-20/h6-8,11,13,16H,3-5,9-10,12,18H2,1-2H3,(H,19,21)/t16-/m0/s1. The monoisotopic (exact) mass is 353 g/mol. The number of carbonyl (C=O) groups excluding carboxylic acids is 1. The van der Waals surface area contributed by atoms with Gasteiger partial charge >= 0.3 is 0 Å². The molecule has 0 saturated carbocycles. The van der Waals surface area contributed by atoms with E-state index in [-0.39, 0.29) is 23.3 Å². The van der Waals surface area contributed by atoms with Gasteiger partial charge in [0.1, 0.15) is 0 Å². The zero-order valence-electron chi connectivity index (χ0n) is 14.4. The molecule has 0 aliphatic carbocycles. The van der Waals surface area contributed by atoms with Crippen molar-refractivity contribution in [2.75, 3.05) is 13.1 Å². The first-order valence-electron chi connectivity index (χ1n) is 8.45. The minimum Gasteiger partial charge on any atom is -0.351 e. The van der Waals surface area contributed by atoms with Crippen LogP contribution in [0.5, 0.6) is 0 Å². The molecule has 1 aliphatic rings.